The van der Waals surface area contributed by atoms with Crippen molar-refractivity contribution in [2.75, 3.05) is 0 Å². The van der Waals surface area contributed by atoms with Gasteiger partial charge in [-0.05, 0) is 11.6 Å². The molecule has 0 heterocycles. The minimum absolute atomic E-state index is 0.203. The Morgan fingerprint density at radius 2 is 1.89 bits per heavy atom. The van der Waals surface area contributed by atoms with Gasteiger partial charge in [-0.3, -0.25) is 9.59 Å². The average Bonchev–Trinajstić information content (AvgIpc) is 2.26. The van der Waals surface area contributed by atoms with E-state index in [0.717, 1.165) is 0 Å². The fourth-order valence-electron chi connectivity index (χ4n) is 1.55. The predicted octanol–water partition coefficient (Wildman–Crippen LogP) is 3.02. The van der Waals surface area contributed by atoms with Gasteiger partial charge in [-0.15, -0.1) is 0 Å². The molecule has 0 aliphatic rings. The van der Waals surface area contributed by atoms with Gasteiger partial charge in [-0.25, -0.2) is 0 Å². The van der Waals surface area contributed by atoms with Crippen LogP contribution in [0, 0.1) is 5.41 Å². The minimum Gasteiger partial charge on any atom is -0.481 e. The van der Waals surface area contributed by atoms with Crippen molar-refractivity contribution in [1.82, 2.24) is 5.32 Å². The van der Waals surface area contributed by atoms with Crippen molar-refractivity contribution in [2.45, 2.75) is 33.2 Å². The van der Waals surface area contributed by atoms with Gasteiger partial charge in [0.1, 0.15) is 0 Å². The number of rotatable bonds is 4. The Labute approximate surface area is 117 Å². The maximum atomic E-state index is 12.0. The zero-order chi connectivity index (χ0) is 14.6. The summed E-state index contributed by atoms with van der Waals surface area (Å²) >= 11 is 6.06. The number of carbonyl (C=O) groups excluding carboxylic acids is 1. The molecule has 1 unspecified atom stereocenters. The van der Waals surface area contributed by atoms with E-state index in [0.29, 0.717) is 10.6 Å². The Bertz CT molecular complexity index is 480. The van der Waals surface area contributed by atoms with E-state index in [9.17, 15) is 9.59 Å². The van der Waals surface area contributed by atoms with Gasteiger partial charge in [-0.2, -0.15) is 0 Å². The van der Waals surface area contributed by atoms with Crippen LogP contribution in [0.2, 0.25) is 5.02 Å². The van der Waals surface area contributed by atoms with Crippen LogP contribution in [0.25, 0.3) is 0 Å². The van der Waals surface area contributed by atoms with Crippen LogP contribution in [0.1, 0.15) is 38.8 Å². The number of hydrogen-bond acceptors (Lipinski definition) is 2. The topological polar surface area (TPSA) is 66.4 Å². The number of benzene rings is 1. The molecular weight excluding hydrogens is 266 g/mol. The predicted molar refractivity (Wildman–Crippen MR) is 74.0 cm³/mol. The highest BCUT2D eigenvalue weighted by Gasteiger charge is 2.26. The zero-order valence-electron chi connectivity index (χ0n) is 11.2. The largest absolute Gasteiger partial charge is 0.481 e. The number of hydrogen-bond donors (Lipinski definition) is 2. The molecule has 4 nitrogen and oxygen atoms in total. The summed E-state index contributed by atoms with van der Waals surface area (Å²) in [5, 5.41) is 12.1. The molecule has 0 spiro atoms. The van der Waals surface area contributed by atoms with Crippen molar-refractivity contribution in [3.05, 3.63) is 34.9 Å². The van der Waals surface area contributed by atoms with Crippen LogP contribution < -0.4 is 5.32 Å². The van der Waals surface area contributed by atoms with E-state index >= 15 is 0 Å². The molecule has 0 radical (unpaired) electrons. The molecule has 104 valence electrons. The van der Waals surface area contributed by atoms with E-state index in [4.69, 9.17) is 16.7 Å². The number of carboxylic acid groups (broad SMARTS) is 1. The Morgan fingerprint density at radius 1 is 1.32 bits per heavy atom. The van der Waals surface area contributed by atoms with Gasteiger partial charge in [0.15, 0.2) is 0 Å². The lowest BCUT2D eigenvalue weighted by Crippen LogP contribution is -2.38. The molecule has 0 saturated heterocycles. The fraction of sp³-hybridized carbons (Fsp3) is 0.429. The van der Waals surface area contributed by atoms with Gasteiger partial charge >= 0.3 is 5.97 Å². The van der Waals surface area contributed by atoms with E-state index in [1.807, 2.05) is 0 Å². The zero-order valence-corrected chi connectivity index (χ0v) is 12.0. The molecule has 0 aliphatic carbocycles. The second-order valence-corrected chi connectivity index (χ2v) is 5.80. The number of halogens is 1. The van der Waals surface area contributed by atoms with E-state index in [1.165, 1.54) is 0 Å². The molecule has 1 aromatic rings. The van der Waals surface area contributed by atoms with Crippen LogP contribution in [-0.2, 0) is 9.59 Å². The standard InChI is InChI=1S/C14H18ClNO3/c1-14(2,3)13(19)16-11(8-12(17)18)9-6-4-5-7-10(9)15/h4-7,11H,8H2,1-3H3,(H,16,19)(H,17,18). The second-order valence-electron chi connectivity index (χ2n) is 5.40. The van der Waals surface area contributed by atoms with Gasteiger partial charge in [0.05, 0.1) is 12.5 Å². The molecule has 0 saturated carbocycles. The normalized spacial score (nSPS) is 12.8. The number of amides is 1. The number of carboxylic acids is 1. The summed E-state index contributed by atoms with van der Waals surface area (Å²) in [6.45, 7) is 5.31. The van der Waals surface area contributed by atoms with Crippen LogP contribution in [0.4, 0.5) is 0 Å². The molecule has 0 bridgehead atoms. The lowest BCUT2D eigenvalue weighted by atomic mass is 9.94. The van der Waals surface area contributed by atoms with Gasteiger partial charge in [0.25, 0.3) is 0 Å². The summed E-state index contributed by atoms with van der Waals surface area (Å²) in [7, 11) is 0. The van der Waals surface area contributed by atoms with Crippen LogP contribution in [0.5, 0.6) is 0 Å². The Balaban J connectivity index is 3.00. The maximum absolute atomic E-state index is 12.0. The smallest absolute Gasteiger partial charge is 0.305 e. The van der Waals surface area contributed by atoms with Crippen LogP contribution in [0.3, 0.4) is 0 Å². The average molecular weight is 284 g/mol. The summed E-state index contributed by atoms with van der Waals surface area (Å²) < 4.78 is 0. The summed E-state index contributed by atoms with van der Waals surface area (Å²) in [5.41, 5.74) is 0.0297. The number of nitrogens with one attached hydrogen (secondary N) is 1. The van der Waals surface area contributed by atoms with Crippen LogP contribution >= 0.6 is 11.6 Å². The molecule has 0 fully saturated rings. The molecule has 19 heavy (non-hydrogen) atoms. The highest BCUT2D eigenvalue weighted by molar-refractivity contribution is 6.31. The third-order valence-corrected chi connectivity index (χ3v) is 2.99. The van der Waals surface area contributed by atoms with Gasteiger partial charge in [-0.1, -0.05) is 50.6 Å². The third kappa shape index (κ3) is 4.56. The first kappa shape index (κ1) is 15.5. The molecule has 1 rings (SSSR count). The summed E-state index contributed by atoms with van der Waals surface area (Å²) in [6.07, 6.45) is -0.203. The Hall–Kier alpha value is -1.55. The third-order valence-electron chi connectivity index (χ3n) is 2.65. The molecule has 0 aliphatic heterocycles. The monoisotopic (exact) mass is 283 g/mol. The Morgan fingerprint density at radius 3 is 2.37 bits per heavy atom. The molecule has 1 aromatic carbocycles. The Kier molecular flexibility index (Phi) is 4.95. The summed E-state index contributed by atoms with van der Waals surface area (Å²) in [4.78, 5) is 22.9. The molecule has 1 atom stereocenters. The second kappa shape index (κ2) is 6.06. The SMILES string of the molecule is CC(C)(C)C(=O)NC(CC(=O)O)c1ccccc1Cl. The number of aliphatic carboxylic acids is 1. The van der Waals surface area contributed by atoms with Crippen molar-refractivity contribution in [3.63, 3.8) is 0 Å². The maximum Gasteiger partial charge on any atom is 0.305 e. The van der Waals surface area contributed by atoms with Crippen molar-refractivity contribution in [3.8, 4) is 0 Å². The molecular formula is C14H18ClNO3. The van der Waals surface area contributed by atoms with Crippen molar-refractivity contribution < 1.29 is 14.7 Å². The van der Waals surface area contributed by atoms with Crippen molar-refractivity contribution >= 4 is 23.5 Å². The van der Waals surface area contributed by atoms with Crippen molar-refractivity contribution in [1.29, 1.82) is 0 Å². The first-order valence-electron chi connectivity index (χ1n) is 5.99. The highest BCUT2D eigenvalue weighted by atomic mass is 35.5. The quantitative estimate of drug-likeness (QED) is 0.892. The molecule has 1 amide bonds. The van der Waals surface area contributed by atoms with Crippen LogP contribution in [0.15, 0.2) is 24.3 Å². The lowest BCUT2D eigenvalue weighted by Gasteiger charge is -2.24. The van der Waals surface area contributed by atoms with Gasteiger partial charge < -0.3 is 10.4 Å². The first-order chi connectivity index (χ1) is 8.71. The highest BCUT2D eigenvalue weighted by Crippen LogP contribution is 2.26. The molecule has 2 N–H and O–H groups in total. The first-order valence-corrected chi connectivity index (χ1v) is 6.37. The van der Waals surface area contributed by atoms with E-state index in [-0.39, 0.29) is 12.3 Å². The minimum atomic E-state index is -0.987. The van der Waals surface area contributed by atoms with Gasteiger partial charge in [0, 0.05) is 10.4 Å². The van der Waals surface area contributed by atoms with E-state index in [1.54, 1.807) is 45.0 Å². The summed E-state index contributed by atoms with van der Waals surface area (Å²) in [6, 6.07) is 6.29. The number of carbonyl (C=O) groups is 2. The van der Waals surface area contributed by atoms with E-state index in [2.05, 4.69) is 5.32 Å². The van der Waals surface area contributed by atoms with Crippen molar-refractivity contribution in [2.24, 2.45) is 5.41 Å². The molecule has 0 aromatic heterocycles. The lowest BCUT2D eigenvalue weighted by molar-refractivity contribution is -0.138. The van der Waals surface area contributed by atoms with Crippen LogP contribution in [-0.4, -0.2) is 17.0 Å². The fourth-order valence-corrected chi connectivity index (χ4v) is 1.81. The van der Waals surface area contributed by atoms with E-state index < -0.39 is 17.4 Å². The summed E-state index contributed by atoms with van der Waals surface area (Å²) in [5.74, 6) is -1.20. The molecule has 5 heteroatoms. The van der Waals surface area contributed by atoms with Gasteiger partial charge in [0.2, 0.25) is 5.91 Å².